The number of fused-ring (bicyclic) bond motifs is 2. The fourth-order valence-corrected chi connectivity index (χ4v) is 5.81. The number of ether oxygens (including phenoxy) is 1. The molecule has 0 spiro atoms. The fourth-order valence-electron chi connectivity index (χ4n) is 4.96. The van der Waals surface area contributed by atoms with E-state index in [2.05, 4.69) is 48.4 Å². The zero-order valence-corrected chi connectivity index (χ0v) is 22.4. The maximum absolute atomic E-state index is 11.8. The van der Waals surface area contributed by atoms with Crippen LogP contribution in [0.4, 0.5) is 17.3 Å². The van der Waals surface area contributed by atoms with Crippen molar-refractivity contribution in [2.45, 2.75) is 39.0 Å². The average Bonchev–Trinajstić information content (AvgIpc) is 3.39. The van der Waals surface area contributed by atoms with Crippen LogP contribution in [0.2, 0.25) is 0 Å². The molecule has 5 rings (SSSR count). The van der Waals surface area contributed by atoms with Gasteiger partial charge in [0.2, 0.25) is 5.95 Å². The van der Waals surface area contributed by atoms with Crippen LogP contribution in [-0.4, -0.2) is 22.0 Å². The van der Waals surface area contributed by atoms with Crippen LogP contribution in [0.1, 0.15) is 50.3 Å². The summed E-state index contributed by atoms with van der Waals surface area (Å²) >= 11 is 1.63. The van der Waals surface area contributed by atoms with Crippen LogP contribution in [-0.2, 0) is 0 Å². The number of aromatic nitrogens is 2. The van der Waals surface area contributed by atoms with E-state index in [0.717, 1.165) is 48.0 Å². The molecule has 1 atom stereocenters. The van der Waals surface area contributed by atoms with Crippen molar-refractivity contribution < 1.29 is 9.66 Å². The van der Waals surface area contributed by atoms with Crippen molar-refractivity contribution >= 4 is 50.0 Å². The highest BCUT2D eigenvalue weighted by molar-refractivity contribution is 7.17. The smallest absolute Gasteiger partial charge is 0.279 e. The van der Waals surface area contributed by atoms with Gasteiger partial charge in [0.1, 0.15) is 5.75 Å². The molecule has 8 heteroatoms. The van der Waals surface area contributed by atoms with E-state index in [0.29, 0.717) is 34.4 Å². The van der Waals surface area contributed by atoms with E-state index in [-0.39, 0.29) is 5.69 Å². The summed E-state index contributed by atoms with van der Waals surface area (Å²) in [5.41, 5.74) is 5.76. The number of anilines is 2. The molecular weight excluding hydrogens is 496 g/mol. The SMILES string of the molecule is C=C(C)c1cc(OC)c(Nc2nc(/C3=C/CCC/C=C4\C=CC=CC4CC3)c3sccc3n2)cc1[N+](=O)[O-]. The van der Waals surface area contributed by atoms with Crippen molar-refractivity contribution in [1.82, 2.24) is 9.97 Å². The zero-order chi connectivity index (χ0) is 26.6. The highest BCUT2D eigenvalue weighted by atomic mass is 32.1. The maximum Gasteiger partial charge on any atom is 0.279 e. The standard InChI is InChI=1S/C30H30N4O3S/c1-19(2)23-17-27(37-3)25(18-26(23)34(35)36)32-30-31-24-15-16-38-29(24)28(33-30)22-12-6-4-5-9-20-10-7-8-11-21(20)13-14-22/h7-12,15-18,21H,1,4-6,13-14H2,2-3H3,(H,31,32,33)/b20-9+,22-12+. The summed E-state index contributed by atoms with van der Waals surface area (Å²) < 4.78 is 6.61. The van der Waals surface area contributed by atoms with Crippen molar-refractivity contribution in [1.29, 1.82) is 0 Å². The Kier molecular flexibility index (Phi) is 7.51. The summed E-state index contributed by atoms with van der Waals surface area (Å²) in [6.45, 7) is 5.62. The molecule has 2 aliphatic carbocycles. The highest BCUT2D eigenvalue weighted by Gasteiger charge is 2.22. The van der Waals surface area contributed by atoms with Crippen molar-refractivity contribution in [2.75, 3.05) is 12.4 Å². The minimum atomic E-state index is -0.411. The van der Waals surface area contributed by atoms with E-state index in [1.807, 2.05) is 11.4 Å². The maximum atomic E-state index is 11.8. The number of hydrogen-bond donors (Lipinski definition) is 1. The lowest BCUT2D eigenvalue weighted by molar-refractivity contribution is -0.385. The second kappa shape index (κ2) is 11.1. The Morgan fingerprint density at radius 1 is 1.24 bits per heavy atom. The fraction of sp³-hybridized carbons (Fsp3) is 0.267. The summed E-state index contributed by atoms with van der Waals surface area (Å²) in [6, 6.07) is 5.08. The van der Waals surface area contributed by atoms with Gasteiger partial charge in [0.05, 0.1) is 39.2 Å². The topological polar surface area (TPSA) is 90.2 Å². The number of nitrogens with one attached hydrogen (secondary N) is 1. The molecule has 0 bridgehead atoms. The second-order valence-electron chi connectivity index (χ2n) is 9.52. The van der Waals surface area contributed by atoms with Gasteiger partial charge in [-0.25, -0.2) is 9.97 Å². The van der Waals surface area contributed by atoms with Crippen LogP contribution in [0.5, 0.6) is 5.75 Å². The first kappa shape index (κ1) is 25.6. The molecule has 3 aromatic rings. The number of rotatable bonds is 6. The van der Waals surface area contributed by atoms with Gasteiger partial charge in [-0.15, -0.1) is 11.3 Å². The predicted molar refractivity (Wildman–Crippen MR) is 156 cm³/mol. The minimum absolute atomic E-state index is 0.0499. The Balaban J connectivity index is 1.53. The van der Waals surface area contributed by atoms with Gasteiger partial charge >= 0.3 is 0 Å². The van der Waals surface area contributed by atoms with E-state index in [1.165, 1.54) is 24.3 Å². The molecule has 0 fully saturated rings. The van der Waals surface area contributed by atoms with Gasteiger partial charge < -0.3 is 10.1 Å². The van der Waals surface area contributed by atoms with E-state index in [1.54, 1.807) is 24.3 Å². The number of nitro benzene ring substituents is 1. The Morgan fingerprint density at radius 2 is 2.08 bits per heavy atom. The number of methoxy groups -OCH3 is 1. The van der Waals surface area contributed by atoms with E-state index < -0.39 is 4.92 Å². The van der Waals surface area contributed by atoms with Crippen LogP contribution in [0.15, 0.2) is 72.2 Å². The third-order valence-electron chi connectivity index (χ3n) is 6.90. The molecule has 2 heterocycles. The lowest BCUT2D eigenvalue weighted by atomic mass is 9.86. The van der Waals surface area contributed by atoms with Crippen LogP contribution >= 0.6 is 11.3 Å². The molecule has 194 valence electrons. The van der Waals surface area contributed by atoms with Crippen molar-refractivity contribution in [3.8, 4) is 5.75 Å². The molecule has 0 saturated carbocycles. The van der Waals surface area contributed by atoms with Crippen molar-refractivity contribution in [3.05, 3.63) is 93.6 Å². The largest absolute Gasteiger partial charge is 0.495 e. The molecule has 1 unspecified atom stereocenters. The molecule has 2 aromatic heterocycles. The summed E-state index contributed by atoms with van der Waals surface area (Å²) in [5, 5.41) is 17.0. The molecule has 0 radical (unpaired) electrons. The molecule has 1 aromatic carbocycles. The third-order valence-corrected chi connectivity index (χ3v) is 7.81. The van der Waals surface area contributed by atoms with Gasteiger partial charge in [-0.3, -0.25) is 10.1 Å². The first-order valence-corrected chi connectivity index (χ1v) is 13.6. The zero-order valence-electron chi connectivity index (χ0n) is 21.6. The van der Waals surface area contributed by atoms with E-state index in [4.69, 9.17) is 14.7 Å². The van der Waals surface area contributed by atoms with Crippen LogP contribution in [0, 0.1) is 16.0 Å². The van der Waals surface area contributed by atoms with Crippen LogP contribution in [0.3, 0.4) is 0 Å². The summed E-state index contributed by atoms with van der Waals surface area (Å²) in [4.78, 5) is 21.1. The first-order chi connectivity index (χ1) is 18.4. The van der Waals surface area contributed by atoms with Gasteiger partial charge in [0.15, 0.2) is 0 Å². The van der Waals surface area contributed by atoms with Crippen LogP contribution in [0.25, 0.3) is 21.4 Å². The molecule has 0 aliphatic heterocycles. The molecule has 7 nitrogen and oxygen atoms in total. The van der Waals surface area contributed by atoms with Crippen molar-refractivity contribution in [3.63, 3.8) is 0 Å². The lowest BCUT2D eigenvalue weighted by Gasteiger charge is -2.20. The molecule has 38 heavy (non-hydrogen) atoms. The molecule has 0 amide bonds. The van der Waals surface area contributed by atoms with Gasteiger partial charge in [-0.1, -0.05) is 43.0 Å². The normalized spacial score (nSPS) is 20.1. The number of hydrogen-bond acceptors (Lipinski definition) is 7. The Hall–Kier alpha value is -4.04. The second-order valence-corrected chi connectivity index (χ2v) is 10.4. The first-order valence-electron chi connectivity index (χ1n) is 12.7. The summed E-state index contributed by atoms with van der Waals surface area (Å²) in [5.74, 6) is 1.23. The molecular formula is C30H30N4O3S. The monoisotopic (exact) mass is 526 g/mol. The summed E-state index contributed by atoms with van der Waals surface area (Å²) in [7, 11) is 1.53. The molecule has 1 N–H and O–H groups in total. The highest BCUT2D eigenvalue weighted by Crippen LogP contribution is 2.39. The average molecular weight is 527 g/mol. The van der Waals surface area contributed by atoms with E-state index >= 15 is 0 Å². The number of benzene rings is 1. The molecule has 0 saturated heterocycles. The number of thiophene rings is 1. The Morgan fingerprint density at radius 3 is 2.87 bits per heavy atom. The Labute approximate surface area is 226 Å². The van der Waals surface area contributed by atoms with Gasteiger partial charge in [0, 0.05) is 12.0 Å². The van der Waals surface area contributed by atoms with Crippen LogP contribution < -0.4 is 10.1 Å². The van der Waals surface area contributed by atoms with Gasteiger partial charge in [0.25, 0.3) is 5.69 Å². The molecule has 2 aliphatic rings. The predicted octanol–water partition coefficient (Wildman–Crippen LogP) is 8.40. The number of nitro groups is 1. The van der Waals surface area contributed by atoms with Crippen molar-refractivity contribution in [2.24, 2.45) is 5.92 Å². The lowest BCUT2D eigenvalue weighted by Crippen LogP contribution is -2.06. The number of allylic oxidation sites excluding steroid dienone is 9. The van der Waals surface area contributed by atoms with Gasteiger partial charge in [-0.05, 0) is 73.3 Å². The number of nitrogens with zero attached hydrogens (tertiary/aromatic N) is 3. The van der Waals surface area contributed by atoms with Gasteiger partial charge in [-0.2, -0.15) is 0 Å². The van der Waals surface area contributed by atoms with E-state index in [9.17, 15) is 10.1 Å². The summed E-state index contributed by atoms with van der Waals surface area (Å²) in [6.07, 6.45) is 18.5. The third kappa shape index (κ3) is 5.31. The Bertz CT molecular complexity index is 1530. The quantitative estimate of drug-likeness (QED) is 0.256. The minimum Gasteiger partial charge on any atom is -0.495 e.